The van der Waals surface area contributed by atoms with Crippen molar-refractivity contribution in [3.05, 3.63) is 102 Å². The molecule has 0 fully saturated rings. The Morgan fingerprint density at radius 1 is 0.900 bits per heavy atom. The van der Waals surface area contributed by atoms with Crippen LogP contribution in [0.5, 0.6) is 5.75 Å². The zero-order chi connectivity index (χ0) is 21.2. The Bertz CT molecular complexity index is 1000. The molecule has 0 saturated heterocycles. The highest BCUT2D eigenvalue weighted by atomic mass is 16.5. The predicted octanol–water partition coefficient (Wildman–Crippen LogP) is 3.59. The highest BCUT2D eigenvalue weighted by Crippen LogP contribution is 2.17. The van der Waals surface area contributed by atoms with Gasteiger partial charge in [-0.1, -0.05) is 72.8 Å². The van der Waals surface area contributed by atoms with Gasteiger partial charge in [0, 0.05) is 5.56 Å². The average molecular weight is 401 g/mol. The molecule has 0 radical (unpaired) electrons. The molecule has 0 aromatic heterocycles. The van der Waals surface area contributed by atoms with E-state index in [-0.39, 0.29) is 6.04 Å². The summed E-state index contributed by atoms with van der Waals surface area (Å²) < 4.78 is 5.85. The Labute approximate surface area is 175 Å². The molecule has 2 amide bonds. The lowest BCUT2D eigenvalue weighted by Gasteiger charge is -2.13. The Morgan fingerprint density at radius 2 is 1.53 bits per heavy atom. The molecule has 152 valence electrons. The second-order valence-electron chi connectivity index (χ2n) is 6.62. The van der Waals surface area contributed by atoms with Gasteiger partial charge in [0.05, 0.1) is 12.3 Å². The molecule has 0 heterocycles. The third-order valence-corrected chi connectivity index (χ3v) is 4.38. The van der Waals surface area contributed by atoms with Crippen LogP contribution in [0.2, 0.25) is 0 Å². The third-order valence-electron chi connectivity index (χ3n) is 4.38. The molecule has 6 nitrogen and oxygen atoms in total. The van der Waals surface area contributed by atoms with E-state index in [2.05, 4.69) is 15.8 Å². The number of amides is 2. The maximum atomic E-state index is 12.1. The highest BCUT2D eigenvalue weighted by Gasteiger charge is 2.16. The van der Waals surface area contributed by atoms with Crippen molar-refractivity contribution in [2.45, 2.75) is 19.6 Å². The van der Waals surface area contributed by atoms with E-state index >= 15 is 0 Å². The number of hydrogen-bond donors (Lipinski definition) is 2. The van der Waals surface area contributed by atoms with E-state index in [1.807, 2.05) is 91.9 Å². The van der Waals surface area contributed by atoms with Crippen LogP contribution in [0.15, 0.2) is 90.0 Å². The van der Waals surface area contributed by atoms with Crippen LogP contribution < -0.4 is 15.5 Å². The maximum Gasteiger partial charge on any atom is 0.329 e. The first-order valence-corrected chi connectivity index (χ1v) is 9.58. The average Bonchev–Trinajstić information content (AvgIpc) is 2.79. The molecular weight excluding hydrogens is 378 g/mol. The van der Waals surface area contributed by atoms with Crippen LogP contribution in [0, 0.1) is 0 Å². The fourth-order valence-corrected chi connectivity index (χ4v) is 2.75. The van der Waals surface area contributed by atoms with Crippen molar-refractivity contribution in [2.75, 3.05) is 0 Å². The molecular formula is C24H23N3O3. The fourth-order valence-electron chi connectivity index (χ4n) is 2.75. The van der Waals surface area contributed by atoms with Crippen molar-refractivity contribution in [3.8, 4) is 5.75 Å². The van der Waals surface area contributed by atoms with Gasteiger partial charge in [-0.2, -0.15) is 5.10 Å². The molecule has 0 aliphatic carbocycles. The molecule has 0 saturated carbocycles. The number of rotatable bonds is 7. The van der Waals surface area contributed by atoms with Crippen LogP contribution in [-0.2, 0) is 16.2 Å². The van der Waals surface area contributed by atoms with Gasteiger partial charge >= 0.3 is 11.8 Å². The summed E-state index contributed by atoms with van der Waals surface area (Å²) in [5, 5.41) is 6.54. The summed E-state index contributed by atoms with van der Waals surface area (Å²) >= 11 is 0. The summed E-state index contributed by atoms with van der Waals surface area (Å²) in [7, 11) is 0. The van der Waals surface area contributed by atoms with Gasteiger partial charge in [-0.15, -0.1) is 0 Å². The normalized spacial score (nSPS) is 11.6. The van der Waals surface area contributed by atoms with Crippen LogP contribution in [0.4, 0.5) is 0 Å². The van der Waals surface area contributed by atoms with Gasteiger partial charge in [-0.05, 0) is 30.2 Å². The van der Waals surface area contributed by atoms with Gasteiger partial charge in [0.25, 0.3) is 0 Å². The Kier molecular flexibility index (Phi) is 7.33. The summed E-state index contributed by atoms with van der Waals surface area (Å²) in [5.74, 6) is -0.963. The largest absolute Gasteiger partial charge is 0.488 e. The monoisotopic (exact) mass is 401 g/mol. The van der Waals surface area contributed by atoms with Gasteiger partial charge in [0.2, 0.25) is 0 Å². The van der Waals surface area contributed by atoms with Crippen LogP contribution in [0.1, 0.15) is 29.7 Å². The van der Waals surface area contributed by atoms with E-state index in [9.17, 15) is 9.59 Å². The van der Waals surface area contributed by atoms with E-state index in [0.717, 1.165) is 11.1 Å². The van der Waals surface area contributed by atoms with Gasteiger partial charge in [-0.25, -0.2) is 5.43 Å². The number of benzene rings is 3. The molecule has 0 bridgehead atoms. The van der Waals surface area contributed by atoms with Crippen molar-refractivity contribution in [1.82, 2.24) is 10.7 Å². The molecule has 0 aliphatic rings. The molecule has 1 atom stereocenters. The zero-order valence-electron chi connectivity index (χ0n) is 16.6. The van der Waals surface area contributed by atoms with Gasteiger partial charge in [-0.3, -0.25) is 9.59 Å². The standard InChI is InChI=1S/C24H23N3O3/c1-18(20-12-6-3-7-13-20)26-23(28)24(29)27-25-16-21-14-8-9-15-22(21)30-17-19-10-4-2-5-11-19/h2-16,18H,17H2,1H3,(H,26,28)(H,27,29)/b25-16-/t18-/m1/s1. The second-order valence-corrected chi connectivity index (χ2v) is 6.62. The molecule has 0 aliphatic heterocycles. The van der Waals surface area contributed by atoms with Crippen molar-refractivity contribution < 1.29 is 14.3 Å². The molecule has 3 aromatic rings. The lowest BCUT2D eigenvalue weighted by atomic mass is 10.1. The number of carbonyl (C=O) groups is 2. The minimum Gasteiger partial charge on any atom is -0.488 e. The molecule has 3 rings (SSSR count). The number of hydrazone groups is 1. The molecule has 0 unspecified atom stereocenters. The van der Waals surface area contributed by atoms with Gasteiger partial charge in [0.1, 0.15) is 12.4 Å². The summed E-state index contributed by atoms with van der Waals surface area (Å²) in [4.78, 5) is 24.1. The molecule has 6 heteroatoms. The van der Waals surface area contributed by atoms with Crippen LogP contribution in [0.3, 0.4) is 0 Å². The van der Waals surface area contributed by atoms with Crippen molar-refractivity contribution in [1.29, 1.82) is 0 Å². The first kappa shape index (κ1) is 20.8. The number of ether oxygens (including phenoxy) is 1. The number of para-hydroxylation sites is 1. The smallest absolute Gasteiger partial charge is 0.329 e. The van der Waals surface area contributed by atoms with Crippen molar-refractivity contribution >= 4 is 18.0 Å². The summed E-state index contributed by atoms with van der Waals surface area (Å²) in [6.45, 7) is 2.22. The second kappa shape index (κ2) is 10.6. The number of carbonyl (C=O) groups excluding carboxylic acids is 2. The fraction of sp³-hybridized carbons (Fsp3) is 0.125. The van der Waals surface area contributed by atoms with Crippen molar-refractivity contribution in [2.24, 2.45) is 5.10 Å². The lowest BCUT2D eigenvalue weighted by Crippen LogP contribution is -2.39. The predicted molar refractivity (Wildman–Crippen MR) is 116 cm³/mol. The van der Waals surface area contributed by atoms with Crippen LogP contribution in [-0.4, -0.2) is 18.0 Å². The quantitative estimate of drug-likeness (QED) is 0.361. The van der Waals surface area contributed by atoms with E-state index in [4.69, 9.17) is 4.74 Å². The topological polar surface area (TPSA) is 79.8 Å². The van der Waals surface area contributed by atoms with Gasteiger partial charge in [0.15, 0.2) is 0 Å². The van der Waals surface area contributed by atoms with Crippen molar-refractivity contribution in [3.63, 3.8) is 0 Å². The Hall–Kier alpha value is -3.93. The molecule has 30 heavy (non-hydrogen) atoms. The minimum atomic E-state index is -0.836. The highest BCUT2D eigenvalue weighted by molar-refractivity contribution is 6.35. The summed E-state index contributed by atoms with van der Waals surface area (Å²) in [6, 6.07) is 26.2. The molecule has 0 spiro atoms. The number of nitrogens with zero attached hydrogens (tertiary/aromatic N) is 1. The summed E-state index contributed by atoms with van der Waals surface area (Å²) in [6.07, 6.45) is 1.45. The number of hydrogen-bond acceptors (Lipinski definition) is 4. The Balaban J connectivity index is 1.54. The van der Waals surface area contributed by atoms with E-state index in [1.165, 1.54) is 6.21 Å². The Morgan fingerprint density at radius 3 is 2.27 bits per heavy atom. The lowest BCUT2D eigenvalue weighted by molar-refractivity contribution is -0.139. The van der Waals surface area contributed by atoms with Crippen LogP contribution >= 0.6 is 0 Å². The summed E-state index contributed by atoms with van der Waals surface area (Å²) in [5.41, 5.74) is 4.89. The van der Waals surface area contributed by atoms with E-state index in [0.29, 0.717) is 17.9 Å². The molecule has 2 N–H and O–H groups in total. The third kappa shape index (κ3) is 6.04. The first-order valence-electron chi connectivity index (χ1n) is 9.58. The molecule has 3 aromatic carbocycles. The SMILES string of the molecule is C[C@@H](NC(=O)C(=O)N/N=C\c1ccccc1OCc1ccccc1)c1ccccc1. The first-order chi connectivity index (χ1) is 14.6. The minimum absolute atomic E-state index is 0.291. The van der Waals surface area contributed by atoms with Gasteiger partial charge < -0.3 is 10.1 Å². The van der Waals surface area contributed by atoms with E-state index < -0.39 is 11.8 Å². The van der Waals surface area contributed by atoms with E-state index in [1.54, 1.807) is 0 Å². The zero-order valence-corrected chi connectivity index (χ0v) is 16.6. The number of nitrogens with one attached hydrogen (secondary N) is 2. The maximum absolute atomic E-state index is 12.1. The van der Waals surface area contributed by atoms with Crippen LogP contribution in [0.25, 0.3) is 0 Å².